The molecule has 0 heterocycles. The monoisotopic (exact) mass is 385 g/mol. The van der Waals surface area contributed by atoms with Crippen molar-refractivity contribution in [2.24, 2.45) is 16.5 Å². The van der Waals surface area contributed by atoms with Crippen molar-refractivity contribution in [3.63, 3.8) is 0 Å². The highest BCUT2D eigenvalue weighted by atomic mass is 32.3. The number of allylic oxidation sites excluding steroid dienone is 1. The Morgan fingerprint density at radius 3 is 2.48 bits per heavy atom. The molecule has 0 fully saturated rings. The zero-order valence-corrected chi connectivity index (χ0v) is 16.1. The van der Waals surface area contributed by atoms with Gasteiger partial charge in [-0.15, -0.1) is 0 Å². The zero-order chi connectivity index (χ0) is 19.8. The van der Waals surface area contributed by atoms with Gasteiger partial charge in [-0.3, -0.25) is 9.35 Å². The summed E-state index contributed by atoms with van der Waals surface area (Å²) in [6.07, 6.45) is 6.37. The van der Waals surface area contributed by atoms with Gasteiger partial charge in [-0.1, -0.05) is 30.3 Å². The van der Waals surface area contributed by atoms with E-state index in [0.717, 1.165) is 29.5 Å². The SMILES string of the molecule is CS(C)(=O)(O)c1ccccc1C1=CCCc2ccc(C(=O)N=C(N)N)cc21. The Kier molecular flexibility index (Phi) is 4.53. The summed E-state index contributed by atoms with van der Waals surface area (Å²) in [7, 11) is -3.96. The van der Waals surface area contributed by atoms with Gasteiger partial charge in [0.15, 0.2) is 5.96 Å². The second-order valence-electron chi connectivity index (χ2n) is 7.13. The second-order valence-corrected chi connectivity index (χ2v) is 11.1. The molecule has 27 heavy (non-hydrogen) atoms. The lowest BCUT2D eigenvalue weighted by Crippen LogP contribution is -2.29. The Hall–Kier alpha value is -2.77. The fourth-order valence-corrected chi connectivity index (χ4v) is 4.57. The van der Waals surface area contributed by atoms with Gasteiger partial charge in [0, 0.05) is 23.6 Å². The van der Waals surface area contributed by atoms with Crippen LogP contribution < -0.4 is 11.5 Å². The molecule has 1 aliphatic carbocycles. The zero-order valence-electron chi connectivity index (χ0n) is 15.3. The van der Waals surface area contributed by atoms with E-state index in [-0.39, 0.29) is 5.96 Å². The molecular formula is C20H23N3O3S. The number of aryl methyl sites for hydroxylation is 1. The van der Waals surface area contributed by atoms with Crippen LogP contribution in [-0.2, 0) is 15.8 Å². The lowest BCUT2D eigenvalue weighted by Gasteiger charge is -2.36. The summed E-state index contributed by atoms with van der Waals surface area (Å²) in [5.74, 6) is -0.815. The van der Waals surface area contributed by atoms with Crippen molar-refractivity contribution in [2.45, 2.75) is 17.7 Å². The first kappa shape index (κ1) is 19.0. The van der Waals surface area contributed by atoms with Crippen molar-refractivity contribution in [3.8, 4) is 0 Å². The maximum atomic E-state index is 12.9. The van der Waals surface area contributed by atoms with Crippen molar-refractivity contribution in [1.82, 2.24) is 0 Å². The van der Waals surface area contributed by atoms with Crippen molar-refractivity contribution < 1.29 is 13.6 Å². The number of benzene rings is 2. The summed E-state index contributed by atoms with van der Waals surface area (Å²) in [6.45, 7) is 0. The number of nitrogens with two attached hydrogens (primary N) is 2. The highest BCUT2D eigenvalue weighted by Gasteiger charge is 2.25. The standard InChI is InChI=1S/C20H23N3O3S/c1-27(2,25,26)18-9-4-3-7-16(18)15-8-5-6-13-10-11-14(12-17(13)15)19(24)23-20(21)22/h3-4,7-12H,5-6H2,1-2H3,(H,25,26)(H4,21,22,23,24). The minimum atomic E-state index is -3.96. The summed E-state index contributed by atoms with van der Waals surface area (Å²) in [6, 6.07) is 12.4. The predicted molar refractivity (Wildman–Crippen MR) is 109 cm³/mol. The minimum Gasteiger partial charge on any atom is -0.370 e. The third kappa shape index (κ3) is 3.99. The molecule has 6 nitrogen and oxygen atoms in total. The quantitative estimate of drug-likeness (QED) is 0.554. The van der Waals surface area contributed by atoms with E-state index in [1.165, 1.54) is 12.5 Å². The number of hydrogen-bond acceptors (Lipinski definition) is 2. The summed E-state index contributed by atoms with van der Waals surface area (Å²) in [4.78, 5) is 16.2. The van der Waals surface area contributed by atoms with Crippen molar-refractivity contribution in [1.29, 1.82) is 0 Å². The van der Waals surface area contributed by atoms with Crippen molar-refractivity contribution in [3.05, 3.63) is 70.8 Å². The number of carbonyl (C=O) groups is 1. The summed E-state index contributed by atoms with van der Waals surface area (Å²) in [5.41, 5.74) is 14.4. The largest absolute Gasteiger partial charge is 0.370 e. The predicted octanol–water partition coefficient (Wildman–Crippen LogP) is 2.39. The Morgan fingerprint density at radius 2 is 1.81 bits per heavy atom. The summed E-state index contributed by atoms with van der Waals surface area (Å²) < 4.78 is 23.5. The van der Waals surface area contributed by atoms with Crippen LogP contribution >= 0.6 is 0 Å². The fourth-order valence-electron chi connectivity index (χ4n) is 3.29. The normalized spacial score (nSPS) is 15.1. The first-order chi connectivity index (χ1) is 12.5. The topological polar surface area (TPSA) is 119 Å². The van der Waals surface area contributed by atoms with E-state index in [9.17, 15) is 13.6 Å². The number of amides is 1. The van der Waals surface area contributed by atoms with Gasteiger partial charge in [0.2, 0.25) is 0 Å². The smallest absolute Gasteiger partial charge is 0.280 e. The van der Waals surface area contributed by atoms with Crippen LogP contribution in [0.4, 0.5) is 0 Å². The number of aliphatic imine (C=N–C) groups is 1. The maximum absolute atomic E-state index is 12.9. The van der Waals surface area contributed by atoms with E-state index in [4.69, 9.17) is 11.5 Å². The summed E-state index contributed by atoms with van der Waals surface area (Å²) in [5, 5.41) is 0. The van der Waals surface area contributed by atoms with Crippen LogP contribution in [0.15, 0.2) is 58.4 Å². The van der Waals surface area contributed by atoms with Crippen LogP contribution in [0.1, 0.15) is 33.5 Å². The van der Waals surface area contributed by atoms with Gasteiger partial charge in [0.05, 0.1) is 4.90 Å². The molecule has 142 valence electrons. The molecule has 3 rings (SSSR count). The molecule has 0 spiro atoms. The van der Waals surface area contributed by atoms with E-state index in [1.54, 1.807) is 24.3 Å². The van der Waals surface area contributed by atoms with Crippen LogP contribution in [0.2, 0.25) is 0 Å². The summed E-state index contributed by atoms with van der Waals surface area (Å²) >= 11 is 0. The molecule has 2 aromatic rings. The Morgan fingerprint density at radius 1 is 1.11 bits per heavy atom. The van der Waals surface area contributed by atoms with Crippen molar-refractivity contribution in [2.75, 3.05) is 12.5 Å². The number of guanidine groups is 1. The van der Waals surface area contributed by atoms with Crippen LogP contribution in [0.25, 0.3) is 5.57 Å². The minimum absolute atomic E-state index is 0.293. The number of carbonyl (C=O) groups excluding carboxylic acids is 1. The van der Waals surface area contributed by atoms with Gasteiger partial charge in [-0.05, 0) is 47.7 Å². The molecule has 0 aromatic heterocycles. The van der Waals surface area contributed by atoms with Gasteiger partial charge in [-0.25, -0.2) is 4.21 Å². The second kappa shape index (κ2) is 6.44. The molecule has 0 saturated heterocycles. The fraction of sp³-hybridized carbons (Fsp3) is 0.200. The van der Waals surface area contributed by atoms with Crippen LogP contribution in [0, 0.1) is 0 Å². The molecule has 0 unspecified atom stereocenters. The van der Waals surface area contributed by atoms with E-state index >= 15 is 0 Å². The van der Waals surface area contributed by atoms with Crippen LogP contribution in [0.3, 0.4) is 0 Å². The van der Waals surface area contributed by atoms with E-state index in [1.807, 2.05) is 24.3 Å². The maximum Gasteiger partial charge on any atom is 0.280 e. The third-order valence-corrected chi connectivity index (χ3v) is 6.06. The highest BCUT2D eigenvalue weighted by molar-refractivity contribution is 8.14. The third-order valence-electron chi connectivity index (χ3n) is 4.44. The van der Waals surface area contributed by atoms with Crippen LogP contribution in [0.5, 0.6) is 0 Å². The molecule has 0 bridgehead atoms. The highest BCUT2D eigenvalue weighted by Crippen LogP contribution is 2.39. The molecule has 0 radical (unpaired) electrons. The van der Waals surface area contributed by atoms with Gasteiger partial charge < -0.3 is 11.5 Å². The molecule has 7 heteroatoms. The molecule has 1 aliphatic rings. The average Bonchev–Trinajstić information content (AvgIpc) is 2.59. The lowest BCUT2D eigenvalue weighted by atomic mass is 9.86. The molecule has 5 N–H and O–H groups in total. The average molecular weight is 385 g/mol. The lowest BCUT2D eigenvalue weighted by molar-refractivity contribution is 0.100. The molecule has 0 aliphatic heterocycles. The Labute approximate surface area is 158 Å². The molecule has 1 amide bonds. The molecule has 0 atom stereocenters. The Bertz CT molecular complexity index is 1050. The number of rotatable bonds is 3. The van der Waals surface area contributed by atoms with E-state index in [2.05, 4.69) is 4.99 Å². The van der Waals surface area contributed by atoms with Gasteiger partial charge in [-0.2, -0.15) is 14.3 Å². The number of fused-ring (bicyclic) bond motifs is 1. The Balaban J connectivity index is 2.18. The van der Waals surface area contributed by atoms with Crippen LogP contribution in [-0.4, -0.2) is 33.1 Å². The number of nitrogens with zero attached hydrogens (tertiary/aromatic N) is 1. The van der Waals surface area contributed by atoms with E-state index < -0.39 is 15.3 Å². The van der Waals surface area contributed by atoms with Gasteiger partial charge >= 0.3 is 0 Å². The van der Waals surface area contributed by atoms with Crippen molar-refractivity contribution >= 4 is 26.8 Å². The molecule has 2 aromatic carbocycles. The first-order valence-corrected chi connectivity index (χ1v) is 11.2. The first-order valence-electron chi connectivity index (χ1n) is 8.46. The molecule has 0 saturated carbocycles. The van der Waals surface area contributed by atoms with E-state index in [0.29, 0.717) is 16.0 Å². The number of hydrogen-bond donors (Lipinski definition) is 3. The van der Waals surface area contributed by atoms with Gasteiger partial charge in [0.25, 0.3) is 5.91 Å². The van der Waals surface area contributed by atoms with Gasteiger partial charge in [0.1, 0.15) is 0 Å². The molecular weight excluding hydrogens is 362 g/mol.